The van der Waals surface area contributed by atoms with E-state index >= 15 is 0 Å². The van der Waals surface area contributed by atoms with Crippen LogP contribution in [0.2, 0.25) is 0 Å². The number of amides is 1. The second-order valence-corrected chi connectivity index (χ2v) is 6.13. The number of benzene rings is 1. The Labute approximate surface area is 124 Å². The van der Waals surface area contributed by atoms with Crippen LogP contribution in [-0.4, -0.2) is 35.3 Å². The molecule has 0 spiro atoms. The number of aliphatic hydroxyl groups is 1. The lowest BCUT2D eigenvalue weighted by atomic mass is 9.85. The second-order valence-electron chi connectivity index (χ2n) is 6.13. The van der Waals surface area contributed by atoms with E-state index in [4.69, 9.17) is 0 Å². The molecule has 0 bridgehead atoms. The molecule has 0 radical (unpaired) electrons. The molecule has 3 rings (SSSR count). The maximum atomic E-state index is 11.4. The number of hydrogen-bond donors (Lipinski definition) is 3. The molecule has 1 amide bonds. The van der Waals surface area contributed by atoms with E-state index in [-0.39, 0.29) is 11.7 Å². The van der Waals surface area contributed by atoms with Gasteiger partial charge in [0, 0.05) is 42.9 Å². The van der Waals surface area contributed by atoms with Crippen molar-refractivity contribution in [3.05, 3.63) is 23.8 Å². The number of hydrogen-bond acceptors (Lipinski definition) is 4. The minimum Gasteiger partial charge on any atom is -0.507 e. The van der Waals surface area contributed by atoms with E-state index in [1.165, 1.54) is 0 Å². The minimum atomic E-state index is -0.668. The molecule has 3 unspecified atom stereocenters. The second kappa shape index (κ2) is 5.56. The zero-order chi connectivity index (χ0) is 15.0. The number of aliphatic hydroxyl groups excluding tert-OH is 1. The first-order chi connectivity index (χ1) is 10.0. The summed E-state index contributed by atoms with van der Waals surface area (Å²) in [6, 6.07) is 5.75. The van der Waals surface area contributed by atoms with Crippen molar-refractivity contribution in [3.63, 3.8) is 0 Å². The van der Waals surface area contributed by atoms with Crippen LogP contribution in [0.1, 0.15) is 37.9 Å². The highest BCUT2D eigenvalue weighted by Crippen LogP contribution is 2.33. The van der Waals surface area contributed by atoms with E-state index < -0.39 is 6.10 Å². The smallest absolute Gasteiger partial charge is 0.220 e. The monoisotopic (exact) mass is 290 g/mol. The van der Waals surface area contributed by atoms with Gasteiger partial charge < -0.3 is 20.4 Å². The molecular formula is C16H22N2O3. The van der Waals surface area contributed by atoms with Gasteiger partial charge in [0.25, 0.3) is 0 Å². The highest BCUT2D eigenvalue weighted by Gasteiger charge is 2.33. The van der Waals surface area contributed by atoms with Crippen molar-refractivity contribution in [2.45, 2.75) is 38.3 Å². The zero-order valence-corrected chi connectivity index (χ0v) is 12.2. The molecule has 5 nitrogen and oxygen atoms in total. The van der Waals surface area contributed by atoms with E-state index in [0.29, 0.717) is 23.9 Å². The fourth-order valence-corrected chi connectivity index (χ4v) is 3.43. The normalized spacial score (nSPS) is 27.0. The molecule has 21 heavy (non-hydrogen) atoms. The van der Waals surface area contributed by atoms with Crippen LogP contribution in [-0.2, 0) is 4.79 Å². The van der Waals surface area contributed by atoms with Crippen LogP contribution in [0.15, 0.2) is 18.2 Å². The summed E-state index contributed by atoms with van der Waals surface area (Å²) in [5.74, 6) is 0.792. The first kappa shape index (κ1) is 14.2. The van der Waals surface area contributed by atoms with E-state index in [9.17, 15) is 15.0 Å². The highest BCUT2D eigenvalue weighted by molar-refractivity contribution is 5.77. The van der Waals surface area contributed by atoms with Crippen molar-refractivity contribution in [1.29, 1.82) is 0 Å². The SMILES string of the molecule is CC(O)c1ccc(N2CCC3NC(=O)CCC3C2)cc1O. The Hall–Kier alpha value is -1.75. The highest BCUT2D eigenvalue weighted by atomic mass is 16.3. The number of nitrogens with one attached hydrogen (secondary N) is 1. The summed E-state index contributed by atoms with van der Waals surface area (Å²) >= 11 is 0. The molecule has 5 heteroatoms. The molecule has 0 aromatic heterocycles. The van der Waals surface area contributed by atoms with E-state index in [2.05, 4.69) is 10.2 Å². The van der Waals surface area contributed by atoms with Gasteiger partial charge in [-0.05, 0) is 31.7 Å². The Kier molecular flexibility index (Phi) is 3.76. The zero-order valence-electron chi connectivity index (χ0n) is 12.2. The van der Waals surface area contributed by atoms with Crippen molar-refractivity contribution in [2.24, 2.45) is 5.92 Å². The standard InChI is InChI=1S/C16H22N2O3/c1-10(19)13-4-3-12(8-15(13)20)18-7-6-14-11(9-18)2-5-16(21)17-14/h3-4,8,10-11,14,19-20H,2,5-7,9H2,1H3,(H,17,21). The first-order valence-electron chi connectivity index (χ1n) is 7.60. The van der Waals surface area contributed by atoms with Crippen molar-refractivity contribution < 1.29 is 15.0 Å². The van der Waals surface area contributed by atoms with Gasteiger partial charge in [0.2, 0.25) is 5.91 Å². The number of fused-ring (bicyclic) bond motifs is 1. The maximum absolute atomic E-state index is 11.4. The quantitative estimate of drug-likeness (QED) is 0.773. The molecule has 2 aliphatic heterocycles. The Balaban J connectivity index is 1.73. The third kappa shape index (κ3) is 2.83. The first-order valence-corrected chi connectivity index (χ1v) is 7.60. The van der Waals surface area contributed by atoms with Gasteiger partial charge in [0.05, 0.1) is 6.10 Å². The summed E-state index contributed by atoms with van der Waals surface area (Å²) in [6.45, 7) is 3.41. The largest absolute Gasteiger partial charge is 0.507 e. The molecule has 3 N–H and O–H groups in total. The lowest BCUT2D eigenvalue weighted by Gasteiger charge is -2.42. The minimum absolute atomic E-state index is 0.140. The third-order valence-electron chi connectivity index (χ3n) is 4.65. The molecule has 1 aromatic carbocycles. The number of nitrogens with zero attached hydrogens (tertiary/aromatic N) is 1. The molecule has 2 heterocycles. The van der Waals surface area contributed by atoms with Crippen LogP contribution in [0.3, 0.4) is 0 Å². The predicted octanol–water partition coefficient (Wildman–Crippen LogP) is 1.55. The van der Waals surface area contributed by atoms with Crippen LogP contribution in [0.25, 0.3) is 0 Å². The topological polar surface area (TPSA) is 72.8 Å². The number of aromatic hydroxyl groups is 1. The Morgan fingerprint density at radius 2 is 2.19 bits per heavy atom. The molecule has 0 saturated carbocycles. The Morgan fingerprint density at radius 3 is 2.90 bits per heavy atom. The summed E-state index contributed by atoms with van der Waals surface area (Å²) in [5, 5.41) is 22.7. The van der Waals surface area contributed by atoms with Crippen LogP contribution >= 0.6 is 0 Å². The average Bonchev–Trinajstić information content (AvgIpc) is 2.46. The molecule has 2 aliphatic rings. The summed E-state index contributed by atoms with van der Waals surface area (Å²) in [4.78, 5) is 13.7. The summed E-state index contributed by atoms with van der Waals surface area (Å²) in [5.41, 5.74) is 1.53. The van der Waals surface area contributed by atoms with Gasteiger partial charge in [0.1, 0.15) is 5.75 Å². The van der Waals surface area contributed by atoms with Crippen molar-refractivity contribution in [1.82, 2.24) is 5.32 Å². The number of anilines is 1. The summed E-state index contributed by atoms with van der Waals surface area (Å²) in [6.07, 6.45) is 1.82. The van der Waals surface area contributed by atoms with Crippen LogP contribution in [0.5, 0.6) is 5.75 Å². The average molecular weight is 290 g/mol. The number of piperidine rings is 2. The van der Waals surface area contributed by atoms with Gasteiger partial charge in [-0.1, -0.05) is 6.07 Å². The lowest BCUT2D eigenvalue weighted by Crippen LogP contribution is -2.54. The predicted molar refractivity (Wildman–Crippen MR) is 80.2 cm³/mol. The van der Waals surface area contributed by atoms with Gasteiger partial charge >= 0.3 is 0 Å². The van der Waals surface area contributed by atoms with E-state index in [1.807, 2.05) is 6.07 Å². The lowest BCUT2D eigenvalue weighted by molar-refractivity contribution is -0.124. The third-order valence-corrected chi connectivity index (χ3v) is 4.65. The number of phenolic OH excluding ortho intramolecular Hbond substituents is 1. The molecular weight excluding hydrogens is 268 g/mol. The van der Waals surface area contributed by atoms with Crippen LogP contribution in [0, 0.1) is 5.92 Å². The van der Waals surface area contributed by atoms with E-state index in [0.717, 1.165) is 31.6 Å². The molecule has 114 valence electrons. The fourth-order valence-electron chi connectivity index (χ4n) is 3.43. The number of carbonyl (C=O) groups is 1. The van der Waals surface area contributed by atoms with Crippen LogP contribution < -0.4 is 10.2 Å². The van der Waals surface area contributed by atoms with E-state index in [1.54, 1.807) is 19.1 Å². The summed E-state index contributed by atoms with van der Waals surface area (Å²) in [7, 11) is 0. The molecule has 2 fully saturated rings. The maximum Gasteiger partial charge on any atom is 0.220 e. The Morgan fingerprint density at radius 1 is 1.38 bits per heavy atom. The van der Waals surface area contributed by atoms with Gasteiger partial charge in [-0.3, -0.25) is 4.79 Å². The molecule has 3 atom stereocenters. The molecule has 0 aliphatic carbocycles. The van der Waals surface area contributed by atoms with Crippen molar-refractivity contribution in [2.75, 3.05) is 18.0 Å². The number of carbonyl (C=O) groups excluding carboxylic acids is 1. The van der Waals surface area contributed by atoms with Crippen molar-refractivity contribution >= 4 is 11.6 Å². The molecule has 1 aromatic rings. The van der Waals surface area contributed by atoms with Gasteiger partial charge in [-0.25, -0.2) is 0 Å². The summed E-state index contributed by atoms with van der Waals surface area (Å²) < 4.78 is 0. The Bertz CT molecular complexity index is 544. The number of phenols is 1. The van der Waals surface area contributed by atoms with Crippen LogP contribution in [0.4, 0.5) is 5.69 Å². The van der Waals surface area contributed by atoms with Gasteiger partial charge in [-0.2, -0.15) is 0 Å². The fraction of sp³-hybridized carbons (Fsp3) is 0.562. The number of rotatable bonds is 2. The van der Waals surface area contributed by atoms with Gasteiger partial charge in [-0.15, -0.1) is 0 Å². The molecule has 2 saturated heterocycles. The van der Waals surface area contributed by atoms with Crippen molar-refractivity contribution in [3.8, 4) is 5.75 Å². The van der Waals surface area contributed by atoms with Gasteiger partial charge in [0.15, 0.2) is 0 Å².